The average Bonchev–Trinajstić information content (AvgIpc) is 2.58. The maximum absolute atomic E-state index is 11.2. The van der Waals surface area contributed by atoms with Crippen molar-refractivity contribution in [3.63, 3.8) is 0 Å². The Morgan fingerprint density at radius 2 is 1.68 bits per heavy atom. The van der Waals surface area contributed by atoms with Crippen molar-refractivity contribution in [2.24, 2.45) is 17.3 Å². The van der Waals surface area contributed by atoms with E-state index in [1.807, 2.05) is 12.1 Å². The Balaban J connectivity index is 1.55. The molecule has 5 rings (SSSR count). The lowest BCUT2D eigenvalue weighted by molar-refractivity contribution is -0.134. The second-order valence-electron chi connectivity index (χ2n) is 9.52. The van der Waals surface area contributed by atoms with E-state index in [2.05, 4.69) is 19.1 Å². The molecule has 4 aliphatic rings. The molecule has 4 saturated carbocycles. The van der Waals surface area contributed by atoms with E-state index in [1.165, 1.54) is 63.4 Å². The molecule has 0 heterocycles. The van der Waals surface area contributed by atoms with Crippen molar-refractivity contribution in [1.82, 2.24) is 0 Å². The molecule has 0 aromatic heterocycles. The fourth-order valence-electron chi connectivity index (χ4n) is 6.95. The van der Waals surface area contributed by atoms with Crippen molar-refractivity contribution in [2.75, 3.05) is 0 Å². The molecule has 4 bridgehead atoms. The topological polar surface area (TPSA) is 40.5 Å². The molecule has 2 N–H and O–H groups in total. The lowest BCUT2D eigenvalue weighted by Crippen LogP contribution is -2.57. The van der Waals surface area contributed by atoms with Crippen LogP contribution in [-0.2, 0) is 5.41 Å². The molecule has 4 fully saturated rings. The largest absolute Gasteiger partial charge is 0.508 e. The first-order valence-corrected chi connectivity index (χ1v) is 10.5. The number of aliphatic hydroxyl groups is 1. The number of unbranched alkanes of at least 4 members (excludes halogenated alkanes) is 3. The number of aliphatic hydroxyl groups excluding tert-OH is 1. The third kappa shape index (κ3) is 3.12. The zero-order chi connectivity index (χ0) is 17.5. The first-order chi connectivity index (χ1) is 12.1. The van der Waals surface area contributed by atoms with Crippen LogP contribution >= 0.6 is 0 Å². The van der Waals surface area contributed by atoms with Gasteiger partial charge in [-0.15, -0.1) is 0 Å². The van der Waals surface area contributed by atoms with Gasteiger partial charge in [-0.1, -0.05) is 44.7 Å². The summed E-state index contributed by atoms with van der Waals surface area (Å²) in [6.45, 7) is 2.25. The third-order valence-electron chi connectivity index (χ3n) is 7.62. The Hall–Kier alpha value is -1.02. The van der Waals surface area contributed by atoms with E-state index in [9.17, 15) is 10.2 Å². The van der Waals surface area contributed by atoms with Crippen molar-refractivity contribution in [3.8, 4) is 5.75 Å². The smallest absolute Gasteiger partial charge is 0.115 e. The lowest BCUT2D eigenvalue weighted by atomic mass is 9.41. The van der Waals surface area contributed by atoms with Crippen LogP contribution in [-0.4, -0.2) is 16.3 Å². The zero-order valence-electron chi connectivity index (χ0n) is 15.7. The van der Waals surface area contributed by atoms with E-state index in [0.717, 1.165) is 24.7 Å². The van der Waals surface area contributed by atoms with E-state index in [-0.39, 0.29) is 16.9 Å². The molecule has 3 atom stereocenters. The molecule has 0 spiro atoms. The number of hydrogen-bond donors (Lipinski definition) is 2. The highest BCUT2D eigenvalue weighted by molar-refractivity contribution is 5.35. The third-order valence-corrected chi connectivity index (χ3v) is 7.62. The minimum absolute atomic E-state index is 0.119. The molecule has 1 aromatic carbocycles. The monoisotopic (exact) mass is 342 g/mol. The summed E-state index contributed by atoms with van der Waals surface area (Å²) in [6, 6.07) is 7.98. The summed E-state index contributed by atoms with van der Waals surface area (Å²) in [5.74, 6) is 1.94. The van der Waals surface area contributed by atoms with Crippen molar-refractivity contribution >= 4 is 0 Å². The number of phenols is 1. The molecule has 1 aromatic rings. The molecule has 4 aliphatic carbocycles. The first-order valence-electron chi connectivity index (χ1n) is 10.5. The van der Waals surface area contributed by atoms with Gasteiger partial charge in [0.05, 0.1) is 6.10 Å². The highest BCUT2D eigenvalue weighted by Crippen LogP contribution is 2.67. The Kier molecular flexibility index (Phi) is 4.60. The number of aromatic hydroxyl groups is 1. The van der Waals surface area contributed by atoms with Crippen LogP contribution in [0.2, 0.25) is 0 Å². The van der Waals surface area contributed by atoms with E-state index in [0.29, 0.717) is 5.75 Å². The van der Waals surface area contributed by atoms with E-state index < -0.39 is 0 Å². The van der Waals surface area contributed by atoms with E-state index in [1.54, 1.807) is 0 Å². The first kappa shape index (κ1) is 17.4. The van der Waals surface area contributed by atoms with Crippen molar-refractivity contribution < 1.29 is 10.2 Å². The summed E-state index contributed by atoms with van der Waals surface area (Å²) in [5.41, 5.74) is 1.82. The summed E-state index contributed by atoms with van der Waals surface area (Å²) in [6.07, 6.45) is 13.5. The Morgan fingerprint density at radius 1 is 1.00 bits per heavy atom. The SMILES string of the molecule is CCCCCC[C@H](O)C12CC3CC(CC(c4ccc(O)cc4)(C3)C1)C2. The van der Waals surface area contributed by atoms with Crippen LogP contribution in [0, 0.1) is 17.3 Å². The van der Waals surface area contributed by atoms with Crippen molar-refractivity contribution in [2.45, 2.75) is 89.1 Å². The molecule has 2 unspecified atom stereocenters. The van der Waals surface area contributed by atoms with Gasteiger partial charge >= 0.3 is 0 Å². The summed E-state index contributed by atoms with van der Waals surface area (Å²) in [7, 11) is 0. The summed E-state index contributed by atoms with van der Waals surface area (Å²) >= 11 is 0. The van der Waals surface area contributed by atoms with Crippen LogP contribution in [0.5, 0.6) is 5.75 Å². The minimum Gasteiger partial charge on any atom is -0.508 e. The van der Waals surface area contributed by atoms with Crippen LogP contribution in [0.25, 0.3) is 0 Å². The van der Waals surface area contributed by atoms with Crippen LogP contribution in [0.1, 0.15) is 83.1 Å². The van der Waals surface area contributed by atoms with Gasteiger partial charge < -0.3 is 10.2 Å². The number of rotatable bonds is 7. The van der Waals surface area contributed by atoms with Gasteiger partial charge in [-0.25, -0.2) is 0 Å². The van der Waals surface area contributed by atoms with Gasteiger partial charge in [0.25, 0.3) is 0 Å². The molecule has 0 saturated heterocycles. The van der Waals surface area contributed by atoms with Gasteiger partial charge in [0.15, 0.2) is 0 Å². The van der Waals surface area contributed by atoms with Crippen LogP contribution in [0.15, 0.2) is 24.3 Å². The minimum atomic E-state index is -0.119. The normalized spacial score (nSPS) is 37.4. The quantitative estimate of drug-likeness (QED) is 0.637. The summed E-state index contributed by atoms with van der Waals surface area (Å²) in [5, 5.41) is 20.9. The Morgan fingerprint density at radius 3 is 2.32 bits per heavy atom. The van der Waals surface area contributed by atoms with Gasteiger partial charge in [0, 0.05) is 0 Å². The van der Waals surface area contributed by atoms with Gasteiger partial charge in [-0.05, 0) is 85.3 Å². The predicted molar refractivity (Wildman–Crippen MR) is 102 cm³/mol. The molecular weight excluding hydrogens is 308 g/mol. The molecule has 2 heteroatoms. The van der Waals surface area contributed by atoms with Gasteiger partial charge in [0.2, 0.25) is 0 Å². The molecule has 0 aliphatic heterocycles. The maximum Gasteiger partial charge on any atom is 0.115 e. The highest BCUT2D eigenvalue weighted by Gasteiger charge is 2.60. The lowest BCUT2D eigenvalue weighted by Gasteiger charge is -2.63. The van der Waals surface area contributed by atoms with Crippen molar-refractivity contribution in [1.29, 1.82) is 0 Å². The number of hydrogen-bond acceptors (Lipinski definition) is 2. The van der Waals surface area contributed by atoms with Crippen LogP contribution < -0.4 is 0 Å². The zero-order valence-corrected chi connectivity index (χ0v) is 15.7. The van der Waals surface area contributed by atoms with Gasteiger partial charge in [0.1, 0.15) is 5.75 Å². The second-order valence-corrected chi connectivity index (χ2v) is 9.52. The predicted octanol–water partition coefficient (Wildman–Crippen LogP) is 5.56. The van der Waals surface area contributed by atoms with Crippen LogP contribution in [0.3, 0.4) is 0 Å². The van der Waals surface area contributed by atoms with Crippen LogP contribution in [0.4, 0.5) is 0 Å². The maximum atomic E-state index is 11.2. The fourth-order valence-corrected chi connectivity index (χ4v) is 6.95. The van der Waals surface area contributed by atoms with Gasteiger partial charge in [-0.3, -0.25) is 0 Å². The Bertz CT molecular complexity index is 577. The van der Waals surface area contributed by atoms with E-state index >= 15 is 0 Å². The summed E-state index contributed by atoms with van der Waals surface area (Å²) in [4.78, 5) is 0. The molecular formula is C23H34O2. The standard InChI is InChI=1S/C23H34O2/c1-2-3-4-5-6-21(25)23-14-17-11-18(15-23)13-22(12-17,16-23)19-7-9-20(24)10-8-19/h7-10,17-18,21,24-25H,2-6,11-16H2,1H3/t17?,18?,21-,22?,23?/m0/s1. The van der Waals surface area contributed by atoms with Gasteiger partial charge in [-0.2, -0.15) is 0 Å². The fraction of sp³-hybridized carbons (Fsp3) is 0.739. The molecule has 0 amide bonds. The summed E-state index contributed by atoms with van der Waals surface area (Å²) < 4.78 is 0. The molecule has 0 radical (unpaired) electrons. The highest BCUT2D eigenvalue weighted by atomic mass is 16.3. The Labute approximate surface area is 152 Å². The molecule has 2 nitrogen and oxygen atoms in total. The number of phenolic OH excluding ortho intramolecular Hbond substituents is 1. The molecule has 25 heavy (non-hydrogen) atoms. The average molecular weight is 343 g/mol. The number of benzene rings is 1. The molecule has 138 valence electrons. The second kappa shape index (κ2) is 6.61. The van der Waals surface area contributed by atoms with Crippen molar-refractivity contribution in [3.05, 3.63) is 29.8 Å². The van der Waals surface area contributed by atoms with E-state index in [4.69, 9.17) is 0 Å².